The Labute approximate surface area is 227 Å². The molecular formula is C29H34ClN7O. The molecule has 6 rings (SSSR count). The molecule has 3 heterocycles. The van der Waals surface area contributed by atoms with Crippen molar-refractivity contribution in [1.29, 1.82) is 0 Å². The Kier molecular flexibility index (Phi) is 6.10. The Morgan fingerprint density at radius 1 is 1.21 bits per heavy atom. The third-order valence-corrected chi connectivity index (χ3v) is 8.65. The van der Waals surface area contributed by atoms with Gasteiger partial charge in [0.25, 0.3) is 0 Å². The number of nitrogens with one attached hydrogen (secondary N) is 2. The first kappa shape index (κ1) is 24.8. The Hall–Kier alpha value is -3.52. The number of aromatic nitrogens is 4. The molecule has 0 aliphatic heterocycles. The number of halogens is 1. The first-order valence-corrected chi connectivity index (χ1v) is 13.6. The fourth-order valence-electron chi connectivity index (χ4n) is 6.93. The lowest BCUT2D eigenvalue weighted by atomic mass is 9.58. The average Bonchev–Trinajstić information content (AvgIpc) is 3.52. The molecule has 2 aliphatic carbocycles. The van der Waals surface area contributed by atoms with Gasteiger partial charge in [0.2, 0.25) is 0 Å². The molecule has 4 unspecified atom stereocenters. The normalized spacial score (nSPS) is 25.0. The highest BCUT2D eigenvalue weighted by molar-refractivity contribution is 6.33. The standard InChI is InChI=1S/C29H34ClN7O/c1-16-6-17-7-18(11-29(2,3)10-17)26(16)36-27-22(28(31)35-24-5-4-21(38)9-23(24)30)14-34-37-15-19(8-25(27)37)20-12-32-33-13-20/h4-5,8-9,12-18,26,36,38H,6-7,10-11H2,1-3H3,(H2,31,35)(H,32,33). The Bertz CT molecular complexity index is 1500. The van der Waals surface area contributed by atoms with Gasteiger partial charge in [0.05, 0.1) is 39.9 Å². The first-order valence-electron chi connectivity index (χ1n) is 13.3. The van der Waals surface area contributed by atoms with Crippen LogP contribution in [0.2, 0.25) is 5.02 Å². The van der Waals surface area contributed by atoms with E-state index in [1.54, 1.807) is 24.5 Å². The zero-order chi connectivity index (χ0) is 26.6. The highest BCUT2D eigenvalue weighted by atomic mass is 35.5. The van der Waals surface area contributed by atoms with Gasteiger partial charge in [0.15, 0.2) is 0 Å². The largest absolute Gasteiger partial charge is 0.508 e. The number of amidine groups is 1. The Morgan fingerprint density at radius 3 is 2.82 bits per heavy atom. The molecule has 2 aliphatic rings. The second-order valence-corrected chi connectivity index (χ2v) is 12.3. The molecule has 0 radical (unpaired) electrons. The number of fused-ring (bicyclic) bond motifs is 3. The Morgan fingerprint density at radius 2 is 2.05 bits per heavy atom. The van der Waals surface area contributed by atoms with Crippen LogP contribution < -0.4 is 11.1 Å². The van der Waals surface area contributed by atoms with E-state index in [2.05, 4.69) is 52.4 Å². The van der Waals surface area contributed by atoms with E-state index in [0.717, 1.165) is 33.8 Å². The summed E-state index contributed by atoms with van der Waals surface area (Å²) < 4.78 is 1.89. The summed E-state index contributed by atoms with van der Waals surface area (Å²) in [5.41, 5.74) is 12.1. The molecule has 8 nitrogen and oxygen atoms in total. The number of aliphatic imine (C=N–C) groups is 1. The fraction of sp³-hybridized carbons (Fsp3) is 0.414. The van der Waals surface area contributed by atoms with E-state index in [-0.39, 0.29) is 5.75 Å². The third-order valence-electron chi connectivity index (χ3n) is 8.35. The van der Waals surface area contributed by atoms with Crippen LogP contribution in [0.5, 0.6) is 5.75 Å². The number of hydrogen-bond donors (Lipinski definition) is 4. The molecule has 0 saturated heterocycles. The zero-order valence-electron chi connectivity index (χ0n) is 21.9. The van der Waals surface area contributed by atoms with Gasteiger partial charge in [0.1, 0.15) is 11.6 Å². The number of nitrogens with two attached hydrogens (primary N) is 1. The fourth-order valence-corrected chi connectivity index (χ4v) is 7.15. The second kappa shape index (κ2) is 9.34. The van der Waals surface area contributed by atoms with Gasteiger partial charge in [-0.1, -0.05) is 32.4 Å². The van der Waals surface area contributed by atoms with Crippen molar-refractivity contribution in [2.75, 3.05) is 5.32 Å². The number of phenolic OH excluding ortho intramolecular Hbond substituents is 1. The number of benzene rings is 1. The van der Waals surface area contributed by atoms with Crippen LogP contribution in [0.1, 0.15) is 52.0 Å². The van der Waals surface area contributed by atoms with E-state index in [1.807, 2.05) is 16.9 Å². The van der Waals surface area contributed by atoms with Crippen LogP contribution in [0.3, 0.4) is 0 Å². The molecule has 9 heteroatoms. The molecule has 4 atom stereocenters. The van der Waals surface area contributed by atoms with E-state index in [9.17, 15) is 5.11 Å². The van der Waals surface area contributed by atoms with Crippen molar-refractivity contribution in [3.8, 4) is 16.9 Å². The number of hydrogen-bond acceptors (Lipinski definition) is 5. The summed E-state index contributed by atoms with van der Waals surface area (Å²) in [6.45, 7) is 7.19. The van der Waals surface area contributed by atoms with Crippen LogP contribution >= 0.6 is 11.6 Å². The molecule has 4 aromatic rings. The maximum Gasteiger partial charge on any atom is 0.135 e. The molecule has 198 valence electrons. The monoisotopic (exact) mass is 531 g/mol. The van der Waals surface area contributed by atoms with Gasteiger partial charge < -0.3 is 16.2 Å². The predicted octanol–water partition coefficient (Wildman–Crippen LogP) is 6.38. The van der Waals surface area contributed by atoms with Gasteiger partial charge in [0, 0.05) is 35.6 Å². The summed E-state index contributed by atoms with van der Waals surface area (Å²) in [7, 11) is 0. The van der Waals surface area contributed by atoms with E-state index in [4.69, 9.17) is 17.3 Å². The number of nitrogens with zero attached hydrogens (tertiary/aromatic N) is 4. The van der Waals surface area contributed by atoms with Gasteiger partial charge >= 0.3 is 0 Å². The topological polar surface area (TPSA) is 117 Å². The van der Waals surface area contributed by atoms with Crippen LogP contribution in [0.4, 0.5) is 11.4 Å². The molecule has 0 spiro atoms. The number of anilines is 1. The van der Waals surface area contributed by atoms with Crippen molar-refractivity contribution < 1.29 is 5.11 Å². The van der Waals surface area contributed by atoms with Crippen LogP contribution in [0.25, 0.3) is 16.6 Å². The van der Waals surface area contributed by atoms with Gasteiger partial charge in [-0.15, -0.1) is 0 Å². The lowest BCUT2D eigenvalue weighted by Gasteiger charge is -2.50. The van der Waals surface area contributed by atoms with E-state index < -0.39 is 0 Å². The van der Waals surface area contributed by atoms with Crippen molar-refractivity contribution in [1.82, 2.24) is 19.8 Å². The number of aromatic hydroxyl groups is 1. The van der Waals surface area contributed by atoms with Gasteiger partial charge in [-0.2, -0.15) is 10.2 Å². The van der Waals surface area contributed by atoms with E-state index >= 15 is 0 Å². The summed E-state index contributed by atoms with van der Waals surface area (Å²) in [4.78, 5) is 4.64. The van der Waals surface area contributed by atoms with Crippen molar-refractivity contribution in [2.45, 2.75) is 52.5 Å². The van der Waals surface area contributed by atoms with Crippen molar-refractivity contribution in [2.24, 2.45) is 33.9 Å². The van der Waals surface area contributed by atoms with Crippen LogP contribution in [0.15, 0.2) is 54.0 Å². The molecule has 2 saturated carbocycles. The molecule has 1 aromatic carbocycles. The van der Waals surface area contributed by atoms with E-state index in [1.165, 1.54) is 31.7 Å². The third kappa shape index (κ3) is 4.62. The quantitative estimate of drug-likeness (QED) is 0.176. The highest BCUT2D eigenvalue weighted by Crippen LogP contribution is 2.51. The highest BCUT2D eigenvalue weighted by Gasteiger charge is 2.44. The summed E-state index contributed by atoms with van der Waals surface area (Å²) >= 11 is 6.35. The molecular weight excluding hydrogens is 498 g/mol. The zero-order valence-corrected chi connectivity index (χ0v) is 22.7. The van der Waals surface area contributed by atoms with Crippen molar-refractivity contribution >= 4 is 34.3 Å². The molecule has 38 heavy (non-hydrogen) atoms. The minimum absolute atomic E-state index is 0.0814. The predicted molar refractivity (Wildman–Crippen MR) is 152 cm³/mol. The van der Waals surface area contributed by atoms with Gasteiger partial charge in [-0.3, -0.25) is 5.10 Å². The summed E-state index contributed by atoms with van der Waals surface area (Å²) in [6.07, 6.45) is 12.4. The second-order valence-electron chi connectivity index (χ2n) is 11.9. The smallest absolute Gasteiger partial charge is 0.135 e. The minimum Gasteiger partial charge on any atom is -0.508 e. The van der Waals surface area contributed by atoms with Gasteiger partial charge in [-0.05, 0) is 67.1 Å². The van der Waals surface area contributed by atoms with Gasteiger partial charge in [-0.25, -0.2) is 9.51 Å². The summed E-state index contributed by atoms with van der Waals surface area (Å²) in [5.74, 6) is 2.30. The lowest BCUT2D eigenvalue weighted by Crippen LogP contribution is -2.47. The first-order chi connectivity index (χ1) is 18.2. The summed E-state index contributed by atoms with van der Waals surface area (Å²) in [6, 6.07) is 7.10. The number of rotatable bonds is 5. The number of H-pyrrole nitrogens is 1. The molecule has 5 N–H and O–H groups in total. The van der Waals surface area contributed by atoms with Crippen molar-refractivity contribution in [3.05, 3.63) is 59.6 Å². The van der Waals surface area contributed by atoms with Crippen LogP contribution in [-0.4, -0.2) is 36.8 Å². The van der Waals surface area contributed by atoms with Crippen molar-refractivity contribution in [3.63, 3.8) is 0 Å². The lowest BCUT2D eigenvalue weighted by molar-refractivity contribution is 0.0477. The molecule has 0 amide bonds. The van der Waals surface area contributed by atoms with Crippen LogP contribution in [0, 0.1) is 23.2 Å². The molecule has 3 aromatic heterocycles. The average molecular weight is 532 g/mol. The minimum atomic E-state index is 0.0814. The maximum absolute atomic E-state index is 9.75. The van der Waals surface area contributed by atoms with E-state index in [0.29, 0.717) is 39.8 Å². The summed E-state index contributed by atoms with van der Waals surface area (Å²) in [5, 5.41) is 25.7. The molecule has 2 bridgehead atoms. The van der Waals surface area contributed by atoms with Crippen LogP contribution in [-0.2, 0) is 0 Å². The maximum atomic E-state index is 9.75. The Balaban J connectivity index is 1.46. The SMILES string of the molecule is CC1CC2CC(CC(C)(C)C2)C1Nc1c(C(N)=Nc2ccc(O)cc2Cl)cnn2cc(-c3cn[nH]c3)cc12. The number of phenols is 1. The molecule has 2 fully saturated rings. The number of aromatic amines is 1.